The Kier molecular flexibility index (Phi) is 3.90. The first-order valence-corrected chi connectivity index (χ1v) is 4.96. The number of likely N-dealkylation sites (tertiary alicyclic amines) is 1. The lowest BCUT2D eigenvalue weighted by molar-refractivity contribution is -0.150. The molecule has 0 unspecified atom stereocenters. The van der Waals surface area contributed by atoms with Gasteiger partial charge in [0, 0.05) is 19.1 Å². The Hall–Kier alpha value is -1.30. The molecule has 0 saturated carbocycles. The van der Waals surface area contributed by atoms with Crippen LogP contribution >= 0.6 is 0 Å². The number of carboxylic acid groups (broad SMARTS) is 1. The highest BCUT2D eigenvalue weighted by Crippen LogP contribution is 2.17. The van der Waals surface area contributed by atoms with Gasteiger partial charge >= 0.3 is 12.1 Å². The average molecular weight is 216 g/mol. The molecule has 0 aliphatic carbocycles. The van der Waals surface area contributed by atoms with Gasteiger partial charge < -0.3 is 20.5 Å². The fourth-order valence-corrected chi connectivity index (χ4v) is 1.64. The Balaban J connectivity index is 2.60. The van der Waals surface area contributed by atoms with Crippen molar-refractivity contribution in [2.75, 3.05) is 19.7 Å². The number of piperidine rings is 1. The van der Waals surface area contributed by atoms with Crippen molar-refractivity contribution in [2.24, 2.45) is 11.7 Å². The molecule has 15 heavy (non-hydrogen) atoms. The Morgan fingerprint density at radius 1 is 1.60 bits per heavy atom. The minimum absolute atomic E-state index is 0.134. The first-order valence-electron chi connectivity index (χ1n) is 4.96. The standard InChI is InChI=1S/C9H16N2O4/c1-2-15-8(12)6-5-11(9(13)14)4-3-7(6)10/h6-7H,2-5,10H2,1H3,(H,13,14)/t6-,7+/m0/s1. The first kappa shape index (κ1) is 11.8. The van der Waals surface area contributed by atoms with E-state index in [4.69, 9.17) is 15.6 Å². The third kappa shape index (κ3) is 2.82. The molecule has 0 aromatic rings. The number of amides is 1. The molecule has 1 rings (SSSR count). The second-order valence-corrected chi connectivity index (χ2v) is 3.54. The van der Waals surface area contributed by atoms with Gasteiger partial charge in [0.15, 0.2) is 0 Å². The molecule has 1 saturated heterocycles. The van der Waals surface area contributed by atoms with E-state index < -0.39 is 18.0 Å². The molecule has 1 fully saturated rings. The van der Waals surface area contributed by atoms with Crippen LogP contribution in [0.25, 0.3) is 0 Å². The van der Waals surface area contributed by atoms with Crippen LogP contribution in [0.15, 0.2) is 0 Å². The van der Waals surface area contributed by atoms with Gasteiger partial charge in [-0.2, -0.15) is 0 Å². The lowest BCUT2D eigenvalue weighted by Crippen LogP contribution is -2.52. The van der Waals surface area contributed by atoms with Gasteiger partial charge in [-0.25, -0.2) is 4.79 Å². The second kappa shape index (κ2) is 4.97. The summed E-state index contributed by atoms with van der Waals surface area (Å²) in [5.74, 6) is -0.939. The van der Waals surface area contributed by atoms with Crippen LogP contribution in [0.2, 0.25) is 0 Å². The fourth-order valence-electron chi connectivity index (χ4n) is 1.64. The zero-order valence-electron chi connectivity index (χ0n) is 8.68. The summed E-state index contributed by atoms with van der Waals surface area (Å²) in [5.41, 5.74) is 5.75. The van der Waals surface area contributed by atoms with Gasteiger partial charge in [-0.3, -0.25) is 4.79 Å². The number of carbonyl (C=O) groups excluding carboxylic acids is 1. The zero-order chi connectivity index (χ0) is 11.4. The largest absolute Gasteiger partial charge is 0.466 e. The number of hydrogen-bond acceptors (Lipinski definition) is 4. The molecule has 1 aliphatic rings. The molecule has 2 atom stereocenters. The van der Waals surface area contributed by atoms with E-state index in [2.05, 4.69) is 0 Å². The van der Waals surface area contributed by atoms with Gasteiger partial charge in [0.2, 0.25) is 0 Å². The maximum Gasteiger partial charge on any atom is 0.407 e. The summed E-state index contributed by atoms with van der Waals surface area (Å²) in [7, 11) is 0. The summed E-state index contributed by atoms with van der Waals surface area (Å²) in [4.78, 5) is 23.4. The third-order valence-electron chi connectivity index (χ3n) is 2.53. The van der Waals surface area contributed by atoms with Gasteiger partial charge in [0.05, 0.1) is 12.5 Å². The lowest BCUT2D eigenvalue weighted by atomic mass is 9.93. The number of carbonyl (C=O) groups is 2. The maximum atomic E-state index is 11.5. The molecule has 86 valence electrons. The van der Waals surface area contributed by atoms with Gasteiger partial charge in [0.1, 0.15) is 0 Å². The molecular weight excluding hydrogens is 200 g/mol. The van der Waals surface area contributed by atoms with E-state index >= 15 is 0 Å². The average Bonchev–Trinajstić information content (AvgIpc) is 2.18. The van der Waals surface area contributed by atoms with E-state index in [0.717, 1.165) is 0 Å². The Morgan fingerprint density at radius 3 is 2.80 bits per heavy atom. The highest BCUT2D eigenvalue weighted by molar-refractivity contribution is 5.75. The number of nitrogens with zero attached hydrogens (tertiary/aromatic N) is 1. The predicted molar refractivity (Wildman–Crippen MR) is 52.3 cm³/mol. The van der Waals surface area contributed by atoms with Crippen molar-refractivity contribution in [2.45, 2.75) is 19.4 Å². The number of ether oxygens (including phenoxy) is 1. The third-order valence-corrected chi connectivity index (χ3v) is 2.53. The van der Waals surface area contributed by atoms with Crippen LogP contribution in [0.3, 0.4) is 0 Å². The van der Waals surface area contributed by atoms with Crippen LogP contribution in [0.4, 0.5) is 4.79 Å². The maximum absolute atomic E-state index is 11.5. The Labute approximate surface area is 88.0 Å². The minimum atomic E-state index is -1.02. The van der Waals surface area contributed by atoms with Crippen LogP contribution in [0.5, 0.6) is 0 Å². The van der Waals surface area contributed by atoms with E-state index in [-0.39, 0.29) is 19.2 Å². The summed E-state index contributed by atoms with van der Waals surface area (Å²) in [6.07, 6.45) is -0.522. The van der Waals surface area contributed by atoms with Crippen molar-refractivity contribution >= 4 is 12.1 Å². The molecule has 6 heteroatoms. The van der Waals surface area contributed by atoms with Crippen LogP contribution in [-0.4, -0.2) is 47.8 Å². The molecule has 1 amide bonds. The molecule has 3 N–H and O–H groups in total. The van der Waals surface area contributed by atoms with Crippen molar-refractivity contribution in [1.82, 2.24) is 4.90 Å². The molecule has 0 aromatic carbocycles. The molecule has 1 aliphatic heterocycles. The highest BCUT2D eigenvalue weighted by atomic mass is 16.5. The molecule has 6 nitrogen and oxygen atoms in total. The van der Waals surface area contributed by atoms with Gasteiger partial charge in [-0.15, -0.1) is 0 Å². The smallest absolute Gasteiger partial charge is 0.407 e. The van der Waals surface area contributed by atoms with E-state index in [9.17, 15) is 9.59 Å². The van der Waals surface area contributed by atoms with Crippen LogP contribution in [-0.2, 0) is 9.53 Å². The number of hydrogen-bond donors (Lipinski definition) is 2. The van der Waals surface area contributed by atoms with Crippen molar-refractivity contribution in [3.05, 3.63) is 0 Å². The van der Waals surface area contributed by atoms with Crippen molar-refractivity contribution in [1.29, 1.82) is 0 Å². The molecular formula is C9H16N2O4. The quantitative estimate of drug-likeness (QED) is 0.627. The van der Waals surface area contributed by atoms with Crippen LogP contribution in [0, 0.1) is 5.92 Å². The van der Waals surface area contributed by atoms with Crippen LogP contribution in [0.1, 0.15) is 13.3 Å². The minimum Gasteiger partial charge on any atom is -0.466 e. The lowest BCUT2D eigenvalue weighted by Gasteiger charge is -2.33. The Morgan fingerprint density at radius 2 is 2.27 bits per heavy atom. The second-order valence-electron chi connectivity index (χ2n) is 3.54. The van der Waals surface area contributed by atoms with E-state index in [1.807, 2.05) is 0 Å². The van der Waals surface area contributed by atoms with Gasteiger partial charge in [0.25, 0.3) is 0 Å². The highest BCUT2D eigenvalue weighted by Gasteiger charge is 2.34. The monoisotopic (exact) mass is 216 g/mol. The summed E-state index contributed by atoms with van der Waals surface area (Å²) in [6.45, 7) is 2.51. The normalized spacial score (nSPS) is 26.1. The summed E-state index contributed by atoms with van der Waals surface area (Å²) >= 11 is 0. The van der Waals surface area contributed by atoms with Gasteiger partial charge in [-0.05, 0) is 13.3 Å². The number of esters is 1. The molecule has 0 aromatic heterocycles. The van der Waals surface area contributed by atoms with Crippen LogP contribution < -0.4 is 5.73 Å². The van der Waals surface area contributed by atoms with Crippen molar-refractivity contribution in [3.63, 3.8) is 0 Å². The van der Waals surface area contributed by atoms with Crippen molar-refractivity contribution < 1.29 is 19.4 Å². The number of nitrogens with two attached hydrogens (primary N) is 1. The number of rotatable bonds is 2. The first-order chi connectivity index (χ1) is 7.06. The molecule has 0 radical (unpaired) electrons. The van der Waals surface area contributed by atoms with Gasteiger partial charge in [-0.1, -0.05) is 0 Å². The zero-order valence-corrected chi connectivity index (χ0v) is 8.68. The predicted octanol–water partition coefficient (Wildman–Crippen LogP) is -0.123. The topological polar surface area (TPSA) is 92.9 Å². The molecule has 0 bridgehead atoms. The fraction of sp³-hybridized carbons (Fsp3) is 0.778. The van der Waals surface area contributed by atoms with E-state index in [1.54, 1.807) is 6.92 Å². The van der Waals surface area contributed by atoms with E-state index in [0.29, 0.717) is 13.0 Å². The Bertz CT molecular complexity index is 256. The molecule has 1 heterocycles. The van der Waals surface area contributed by atoms with E-state index in [1.165, 1.54) is 4.90 Å². The summed E-state index contributed by atoms with van der Waals surface area (Å²) in [6, 6.07) is -0.306. The summed E-state index contributed by atoms with van der Waals surface area (Å²) in [5, 5.41) is 8.79. The SMILES string of the molecule is CCOC(=O)[C@H]1CN(C(=O)O)CC[C@H]1N. The van der Waals surface area contributed by atoms with Crippen molar-refractivity contribution in [3.8, 4) is 0 Å². The molecule has 0 spiro atoms. The summed E-state index contributed by atoms with van der Waals surface area (Å²) < 4.78 is 4.84.